The van der Waals surface area contributed by atoms with Gasteiger partial charge in [0, 0.05) is 23.3 Å². The molecule has 0 aromatic heterocycles. The molecular weight excluding hydrogens is 260 g/mol. The molecule has 4 heteroatoms. The largest absolute Gasteiger partial charge is 0.399 e. The van der Waals surface area contributed by atoms with Gasteiger partial charge in [0.05, 0.1) is 0 Å². The van der Waals surface area contributed by atoms with E-state index in [1.165, 1.54) is 6.42 Å². The molecule has 2 rings (SSSR count). The summed E-state index contributed by atoms with van der Waals surface area (Å²) < 4.78 is 0. The number of aryl methyl sites for hydroxylation is 1. The molecule has 0 radical (unpaired) electrons. The topological polar surface area (TPSA) is 46.3 Å². The Morgan fingerprint density at radius 1 is 1.26 bits per heavy atom. The van der Waals surface area contributed by atoms with E-state index in [1.54, 1.807) is 6.07 Å². The Bertz CT molecular complexity index is 451. The lowest BCUT2D eigenvalue weighted by atomic mass is 9.95. The van der Waals surface area contributed by atoms with E-state index in [0.717, 1.165) is 24.0 Å². The summed E-state index contributed by atoms with van der Waals surface area (Å²) in [6.07, 6.45) is 3.40. The van der Waals surface area contributed by atoms with Crippen LogP contribution in [0.25, 0.3) is 0 Å². The molecule has 0 bridgehead atoms. The van der Waals surface area contributed by atoms with E-state index < -0.39 is 0 Å². The Morgan fingerprint density at radius 3 is 2.42 bits per heavy atom. The first-order chi connectivity index (χ1) is 8.50. The molecule has 19 heavy (non-hydrogen) atoms. The van der Waals surface area contributed by atoms with Crippen LogP contribution in [0.5, 0.6) is 0 Å². The fourth-order valence-corrected chi connectivity index (χ4v) is 2.83. The van der Waals surface area contributed by atoms with Gasteiger partial charge in [0.1, 0.15) is 0 Å². The Kier molecular flexibility index (Phi) is 5.24. The summed E-state index contributed by atoms with van der Waals surface area (Å²) in [4.78, 5) is 14.7. The summed E-state index contributed by atoms with van der Waals surface area (Å²) in [6.45, 7) is 6.23. The quantitative estimate of drug-likeness (QED) is 0.803. The van der Waals surface area contributed by atoms with E-state index in [0.29, 0.717) is 17.8 Å². The molecule has 1 fully saturated rings. The number of carbonyl (C=O) groups excluding carboxylic acids is 1. The second kappa shape index (κ2) is 6.29. The number of rotatable bonds is 1. The first kappa shape index (κ1) is 15.8. The molecule has 106 valence electrons. The monoisotopic (exact) mass is 282 g/mol. The lowest BCUT2D eigenvalue weighted by molar-refractivity contribution is 0.0510. The number of anilines is 1. The van der Waals surface area contributed by atoms with E-state index in [1.807, 2.05) is 24.0 Å². The first-order valence-electron chi connectivity index (χ1n) is 6.69. The van der Waals surface area contributed by atoms with Crippen molar-refractivity contribution in [1.82, 2.24) is 4.90 Å². The van der Waals surface area contributed by atoms with E-state index in [-0.39, 0.29) is 18.3 Å². The minimum Gasteiger partial charge on any atom is -0.399 e. The Hall–Kier alpha value is -1.22. The van der Waals surface area contributed by atoms with Crippen molar-refractivity contribution in [2.75, 3.05) is 5.73 Å². The van der Waals surface area contributed by atoms with Crippen molar-refractivity contribution < 1.29 is 4.79 Å². The fourth-order valence-electron chi connectivity index (χ4n) is 2.83. The summed E-state index contributed by atoms with van der Waals surface area (Å²) >= 11 is 0. The molecule has 3 nitrogen and oxygen atoms in total. The second-order valence-electron chi connectivity index (χ2n) is 5.42. The molecule has 2 atom stereocenters. The van der Waals surface area contributed by atoms with Gasteiger partial charge in [-0.05, 0) is 57.7 Å². The normalized spacial score (nSPS) is 22.8. The molecule has 1 aromatic carbocycles. The lowest BCUT2D eigenvalue weighted by Crippen LogP contribution is -2.47. The van der Waals surface area contributed by atoms with Crippen LogP contribution < -0.4 is 5.73 Å². The van der Waals surface area contributed by atoms with Crippen LogP contribution in [0.4, 0.5) is 5.69 Å². The number of hydrogen-bond donors (Lipinski definition) is 1. The number of piperidine rings is 1. The van der Waals surface area contributed by atoms with Crippen molar-refractivity contribution in [3.8, 4) is 0 Å². The number of likely N-dealkylation sites (tertiary alicyclic amines) is 1. The third-order valence-corrected chi connectivity index (χ3v) is 3.92. The Labute approximate surface area is 121 Å². The zero-order valence-corrected chi connectivity index (χ0v) is 12.7. The smallest absolute Gasteiger partial charge is 0.254 e. The maximum Gasteiger partial charge on any atom is 0.254 e. The zero-order chi connectivity index (χ0) is 13.3. The van der Waals surface area contributed by atoms with Crippen LogP contribution >= 0.6 is 12.4 Å². The maximum atomic E-state index is 12.7. The van der Waals surface area contributed by atoms with E-state index in [9.17, 15) is 4.79 Å². The van der Waals surface area contributed by atoms with Gasteiger partial charge in [-0.15, -0.1) is 12.4 Å². The minimum atomic E-state index is 0. The number of nitrogens with two attached hydrogens (primary N) is 1. The summed E-state index contributed by atoms with van der Waals surface area (Å²) in [6, 6.07) is 6.20. The van der Waals surface area contributed by atoms with Gasteiger partial charge in [-0.2, -0.15) is 0 Å². The molecule has 2 N–H and O–H groups in total. The molecule has 1 aliphatic rings. The Balaban J connectivity index is 0.00000180. The van der Waals surface area contributed by atoms with Gasteiger partial charge < -0.3 is 10.6 Å². The molecular formula is C15H23ClN2O. The fraction of sp³-hybridized carbons (Fsp3) is 0.533. The van der Waals surface area contributed by atoms with Crippen LogP contribution in [-0.4, -0.2) is 22.9 Å². The van der Waals surface area contributed by atoms with Gasteiger partial charge in [0.15, 0.2) is 0 Å². The Morgan fingerprint density at radius 2 is 1.84 bits per heavy atom. The van der Waals surface area contributed by atoms with Crippen molar-refractivity contribution in [3.05, 3.63) is 29.3 Å². The highest BCUT2D eigenvalue weighted by atomic mass is 35.5. The summed E-state index contributed by atoms with van der Waals surface area (Å²) in [5.41, 5.74) is 8.19. The van der Waals surface area contributed by atoms with Crippen LogP contribution in [0.2, 0.25) is 0 Å². The van der Waals surface area contributed by atoms with E-state index in [2.05, 4.69) is 13.8 Å². The zero-order valence-electron chi connectivity index (χ0n) is 11.8. The molecule has 0 spiro atoms. The minimum absolute atomic E-state index is 0. The van der Waals surface area contributed by atoms with Gasteiger partial charge in [-0.25, -0.2) is 0 Å². The van der Waals surface area contributed by atoms with Crippen molar-refractivity contribution in [2.24, 2.45) is 0 Å². The molecule has 1 heterocycles. The molecule has 1 aliphatic heterocycles. The van der Waals surface area contributed by atoms with Gasteiger partial charge >= 0.3 is 0 Å². The number of benzene rings is 1. The average Bonchev–Trinajstić information content (AvgIpc) is 2.32. The average molecular weight is 283 g/mol. The van der Waals surface area contributed by atoms with Gasteiger partial charge in [0.2, 0.25) is 0 Å². The van der Waals surface area contributed by atoms with Crippen molar-refractivity contribution in [3.63, 3.8) is 0 Å². The highest BCUT2D eigenvalue weighted by Gasteiger charge is 2.30. The molecule has 1 amide bonds. The number of nitrogen functional groups attached to an aromatic ring is 1. The third-order valence-electron chi connectivity index (χ3n) is 3.92. The van der Waals surface area contributed by atoms with Gasteiger partial charge in [-0.3, -0.25) is 4.79 Å². The SMILES string of the molecule is Cc1ccc(N)cc1C(=O)N1C(C)CCCC1C.Cl. The van der Waals surface area contributed by atoms with E-state index >= 15 is 0 Å². The van der Waals surface area contributed by atoms with Gasteiger partial charge in [0.25, 0.3) is 5.91 Å². The van der Waals surface area contributed by atoms with Gasteiger partial charge in [-0.1, -0.05) is 6.07 Å². The predicted octanol–water partition coefficient (Wildman–Crippen LogP) is 3.40. The second-order valence-corrected chi connectivity index (χ2v) is 5.42. The highest BCUT2D eigenvalue weighted by molar-refractivity contribution is 5.97. The summed E-state index contributed by atoms with van der Waals surface area (Å²) in [7, 11) is 0. The van der Waals surface area contributed by atoms with Crippen LogP contribution in [0, 0.1) is 6.92 Å². The van der Waals surface area contributed by atoms with Crippen LogP contribution in [-0.2, 0) is 0 Å². The van der Waals surface area contributed by atoms with Crippen molar-refractivity contribution in [2.45, 2.75) is 52.1 Å². The molecule has 2 unspecified atom stereocenters. The van der Waals surface area contributed by atoms with Crippen molar-refractivity contribution >= 4 is 24.0 Å². The predicted molar refractivity (Wildman–Crippen MR) is 81.8 cm³/mol. The third kappa shape index (κ3) is 3.21. The van der Waals surface area contributed by atoms with Crippen LogP contribution in [0.1, 0.15) is 49.0 Å². The molecule has 0 aliphatic carbocycles. The molecule has 0 saturated carbocycles. The van der Waals surface area contributed by atoms with E-state index in [4.69, 9.17) is 5.73 Å². The number of amides is 1. The van der Waals surface area contributed by atoms with Crippen LogP contribution in [0.3, 0.4) is 0 Å². The maximum absolute atomic E-state index is 12.7. The highest BCUT2D eigenvalue weighted by Crippen LogP contribution is 2.26. The number of nitrogens with zero attached hydrogens (tertiary/aromatic N) is 1. The number of carbonyl (C=O) groups is 1. The summed E-state index contributed by atoms with van der Waals surface area (Å²) in [5.74, 6) is 0.125. The summed E-state index contributed by atoms with van der Waals surface area (Å²) in [5, 5.41) is 0. The van der Waals surface area contributed by atoms with Crippen molar-refractivity contribution in [1.29, 1.82) is 0 Å². The number of halogens is 1. The van der Waals surface area contributed by atoms with Crippen LogP contribution in [0.15, 0.2) is 18.2 Å². The standard InChI is InChI=1S/C15H22N2O.ClH/c1-10-7-8-13(16)9-14(10)15(18)17-11(2)5-4-6-12(17)3;/h7-9,11-12H,4-6,16H2,1-3H3;1H. The molecule has 1 aromatic rings. The number of hydrogen-bond acceptors (Lipinski definition) is 2. The lowest BCUT2D eigenvalue weighted by Gasteiger charge is -2.39. The first-order valence-corrected chi connectivity index (χ1v) is 6.69. The molecule has 1 saturated heterocycles.